The van der Waals surface area contributed by atoms with Crippen molar-refractivity contribution in [3.63, 3.8) is 0 Å². The second kappa shape index (κ2) is 8.68. The fourth-order valence-corrected chi connectivity index (χ4v) is 5.24. The van der Waals surface area contributed by atoms with Gasteiger partial charge in [0, 0.05) is 23.6 Å². The molecule has 0 bridgehead atoms. The largest absolute Gasteiger partial charge is 0.464 e. The summed E-state index contributed by atoms with van der Waals surface area (Å²) >= 11 is 2.83. The second-order valence-electron chi connectivity index (χ2n) is 7.23. The number of furan rings is 1. The number of anilines is 1. The van der Waals surface area contributed by atoms with Gasteiger partial charge in [-0.1, -0.05) is 17.8 Å². The van der Waals surface area contributed by atoms with Gasteiger partial charge in [-0.05, 0) is 37.3 Å². The Morgan fingerprint density at radius 2 is 2.18 bits per heavy atom. The number of aromatic nitrogens is 5. The molecule has 1 amide bonds. The first-order valence-corrected chi connectivity index (χ1v) is 11.8. The molecule has 2 N–H and O–H groups in total. The summed E-state index contributed by atoms with van der Waals surface area (Å²) in [6.45, 7) is 3.41. The van der Waals surface area contributed by atoms with Crippen molar-refractivity contribution in [3.05, 3.63) is 70.5 Å². The van der Waals surface area contributed by atoms with Crippen LogP contribution in [-0.2, 0) is 4.79 Å². The van der Waals surface area contributed by atoms with Gasteiger partial charge in [-0.3, -0.25) is 14.2 Å². The van der Waals surface area contributed by atoms with Crippen LogP contribution < -0.4 is 10.9 Å². The minimum absolute atomic E-state index is 0.145. The van der Waals surface area contributed by atoms with Crippen LogP contribution in [0.15, 0.2) is 68.7 Å². The van der Waals surface area contributed by atoms with Crippen LogP contribution in [0.5, 0.6) is 0 Å². The molecule has 0 saturated carbocycles. The van der Waals surface area contributed by atoms with E-state index in [1.165, 1.54) is 30.0 Å². The summed E-state index contributed by atoms with van der Waals surface area (Å²) < 4.78 is 7.28. The fraction of sp³-hybridized carbons (Fsp3) is 0.136. The summed E-state index contributed by atoms with van der Waals surface area (Å²) in [6, 6.07) is 11.0. The Hall–Kier alpha value is -3.70. The van der Waals surface area contributed by atoms with Crippen molar-refractivity contribution in [2.75, 3.05) is 5.32 Å². The maximum Gasteiger partial charge on any atom is 0.260 e. The molecule has 5 aromatic rings. The minimum atomic E-state index is -0.209. The Morgan fingerprint density at radius 1 is 1.30 bits per heavy atom. The van der Waals surface area contributed by atoms with Crippen molar-refractivity contribution < 1.29 is 9.21 Å². The maximum absolute atomic E-state index is 12.9. The Kier molecular flexibility index (Phi) is 5.56. The predicted molar refractivity (Wildman–Crippen MR) is 128 cm³/mol. The topological polar surface area (TPSA) is 119 Å². The van der Waals surface area contributed by atoms with E-state index in [9.17, 15) is 9.59 Å². The van der Waals surface area contributed by atoms with E-state index in [0.29, 0.717) is 32.6 Å². The number of amides is 1. The lowest BCUT2D eigenvalue weighted by Crippen LogP contribution is -2.12. The third-order valence-corrected chi connectivity index (χ3v) is 6.82. The van der Waals surface area contributed by atoms with Gasteiger partial charge in [0.2, 0.25) is 5.91 Å². The van der Waals surface area contributed by atoms with E-state index < -0.39 is 0 Å². The van der Waals surface area contributed by atoms with Crippen molar-refractivity contribution in [2.45, 2.75) is 24.3 Å². The summed E-state index contributed by atoms with van der Waals surface area (Å²) in [6.07, 6.45) is 3.19. The Balaban J connectivity index is 1.43. The first-order valence-electron chi connectivity index (χ1n) is 9.99. The van der Waals surface area contributed by atoms with Gasteiger partial charge in [-0.15, -0.1) is 21.5 Å². The van der Waals surface area contributed by atoms with Crippen molar-refractivity contribution in [3.8, 4) is 17.0 Å². The molecule has 0 aliphatic carbocycles. The van der Waals surface area contributed by atoms with E-state index in [2.05, 4.69) is 20.5 Å². The average molecular weight is 479 g/mol. The van der Waals surface area contributed by atoms with Crippen molar-refractivity contribution >= 4 is 44.9 Å². The Bertz CT molecular complexity index is 1500. The van der Waals surface area contributed by atoms with Crippen LogP contribution in [0.25, 0.3) is 27.2 Å². The Labute approximate surface area is 195 Å². The zero-order valence-electron chi connectivity index (χ0n) is 17.6. The monoisotopic (exact) mass is 478 g/mol. The molecule has 0 saturated heterocycles. The number of H-pyrrole nitrogens is 1. The molecule has 0 aliphatic heterocycles. The number of hydrogen-bond donors (Lipinski definition) is 2. The molecule has 33 heavy (non-hydrogen) atoms. The smallest absolute Gasteiger partial charge is 0.260 e. The molecule has 4 heterocycles. The molecule has 1 unspecified atom stereocenters. The lowest BCUT2D eigenvalue weighted by atomic mass is 10.2. The van der Waals surface area contributed by atoms with E-state index in [4.69, 9.17) is 9.40 Å². The number of hydrogen-bond acceptors (Lipinski definition) is 8. The molecule has 0 aliphatic rings. The SMILES string of the molecule is CC(=O)Nc1cccc(-n2cnnc2SC(C)c2nc3scc(-c4ccco4)c3c(=O)[nH]2)c1. The highest BCUT2D eigenvalue weighted by molar-refractivity contribution is 7.99. The van der Waals surface area contributed by atoms with Crippen LogP contribution in [0.1, 0.15) is 24.9 Å². The number of thiophene rings is 1. The molecule has 1 atom stereocenters. The van der Waals surface area contributed by atoms with Gasteiger partial charge in [0.25, 0.3) is 5.56 Å². The van der Waals surface area contributed by atoms with Crippen LogP contribution in [0, 0.1) is 0 Å². The van der Waals surface area contributed by atoms with Crippen molar-refractivity contribution in [2.24, 2.45) is 0 Å². The quantitative estimate of drug-likeness (QED) is 0.341. The summed E-state index contributed by atoms with van der Waals surface area (Å²) in [4.78, 5) is 32.5. The molecule has 5 rings (SSSR count). The van der Waals surface area contributed by atoms with E-state index in [-0.39, 0.29) is 16.7 Å². The van der Waals surface area contributed by atoms with Gasteiger partial charge in [0.05, 0.1) is 22.6 Å². The molecule has 9 nitrogen and oxygen atoms in total. The molecule has 0 fully saturated rings. The normalized spacial score (nSPS) is 12.2. The van der Waals surface area contributed by atoms with Crippen LogP contribution >= 0.6 is 23.1 Å². The van der Waals surface area contributed by atoms with E-state index in [1.807, 2.05) is 47.2 Å². The van der Waals surface area contributed by atoms with Crippen LogP contribution in [-0.4, -0.2) is 30.6 Å². The van der Waals surface area contributed by atoms with Gasteiger partial charge >= 0.3 is 0 Å². The number of fused-ring (bicyclic) bond motifs is 1. The van der Waals surface area contributed by atoms with Gasteiger partial charge < -0.3 is 14.7 Å². The molecule has 0 radical (unpaired) electrons. The zero-order valence-corrected chi connectivity index (χ0v) is 19.2. The highest BCUT2D eigenvalue weighted by Gasteiger charge is 2.20. The lowest BCUT2D eigenvalue weighted by Gasteiger charge is -2.12. The van der Waals surface area contributed by atoms with Crippen LogP contribution in [0.4, 0.5) is 5.69 Å². The summed E-state index contributed by atoms with van der Waals surface area (Å²) in [5.41, 5.74) is 2.01. The summed E-state index contributed by atoms with van der Waals surface area (Å²) in [7, 11) is 0. The maximum atomic E-state index is 12.9. The van der Waals surface area contributed by atoms with Crippen molar-refractivity contribution in [1.82, 2.24) is 24.7 Å². The molecule has 1 aromatic carbocycles. The first kappa shape index (κ1) is 21.2. The summed E-state index contributed by atoms with van der Waals surface area (Å²) in [5, 5.41) is 13.9. The molecular formula is C22H18N6O3S2. The highest BCUT2D eigenvalue weighted by Crippen LogP contribution is 2.35. The predicted octanol–water partition coefficient (Wildman–Crippen LogP) is 4.64. The number of carbonyl (C=O) groups is 1. The molecule has 0 spiro atoms. The standard InChI is InChI=1S/C22H18N6O3S2/c1-12(19-25-20(30)18-16(10-32-21(18)26-19)17-7-4-8-31-17)33-22-27-23-11-28(22)15-6-3-5-14(9-15)24-13(2)29/h3-12H,1-2H3,(H,24,29)(H,25,26,30). The van der Waals surface area contributed by atoms with Gasteiger partial charge in [0.15, 0.2) is 5.16 Å². The van der Waals surface area contributed by atoms with E-state index in [1.54, 1.807) is 18.7 Å². The van der Waals surface area contributed by atoms with Gasteiger partial charge in [-0.25, -0.2) is 4.98 Å². The van der Waals surface area contributed by atoms with Crippen molar-refractivity contribution in [1.29, 1.82) is 0 Å². The number of aromatic amines is 1. The number of thioether (sulfide) groups is 1. The van der Waals surface area contributed by atoms with Gasteiger partial charge in [-0.2, -0.15) is 0 Å². The number of benzene rings is 1. The highest BCUT2D eigenvalue weighted by atomic mass is 32.2. The third kappa shape index (κ3) is 4.20. The fourth-order valence-electron chi connectivity index (χ4n) is 3.40. The number of rotatable bonds is 6. The van der Waals surface area contributed by atoms with Gasteiger partial charge in [0.1, 0.15) is 22.7 Å². The zero-order chi connectivity index (χ0) is 22.9. The molecule has 166 valence electrons. The summed E-state index contributed by atoms with van der Waals surface area (Å²) in [5.74, 6) is 1.04. The van der Waals surface area contributed by atoms with Crippen LogP contribution in [0.3, 0.4) is 0 Å². The first-order chi connectivity index (χ1) is 16.0. The minimum Gasteiger partial charge on any atom is -0.464 e. The van der Waals surface area contributed by atoms with Crippen LogP contribution in [0.2, 0.25) is 0 Å². The number of nitrogens with zero attached hydrogens (tertiary/aromatic N) is 4. The molecule has 11 heteroatoms. The van der Waals surface area contributed by atoms with E-state index in [0.717, 1.165) is 11.3 Å². The van der Waals surface area contributed by atoms with E-state index >= 15 is 0 Å². The number of carbonyl (C=O) groups excluding carboxylic acids is 1. The Morgan fingerprint density at radius 3 is 2.97 bits per heavy atom. The molecule has 4 aromatic heterocycles. The third-order valence-electron chi connectivity index (χ3n) is 4.88. The number of nitrogens with one attached hydrogen (secondary N) is 2. The molecular weight excluding hydrogens is 460 g/mol. The second-order valence-corrected chi connectivity index (χ2v) is 9.40. The average Bonchev–Trinajstić information content (AvgIpc) is 3.54. The lowest BCUT2D eigenvalue weighted by molar-refractivity contribution is -0.114.